The van der Waals surface area contributed by atoms with Crippen LogP contribution in [0.1, 0.15) is 33.2 Å². The second-order valence-corrected chi connectivity index (χ2v) is 7.64. The molecule has 30 heavy (non-hydrogen) atoms. The highest BCUT2D eigenvalue weighted by Crippen LogP contribution is 2.25. The molecule has 6 heteroatoms. The van der Waals surface area contributed by atoms with Crippen molar-refractivity contribution in [1.29, 1.82) is 0 Å². The van der Waals surface area contributed by atoms with E-state index in [2.05, 4.69) is 29.2 Å². The number of rotatable bonds is 5. The second kappa shape index (κ2) is 8.63. The Balaban J connectivity index is 1.32. The molecular weight excluding hydrogens is 378 g/mol. The van der Waals surface area contributed by atoms with Crippen LogP contribution in [0.4, 0.5) is 0 Å². The largest absolute Gasteiger partial charge is 0.338 e. The zero-order chi connectivity index (χ0) is 21.1. The summed E-state index contributed by atoms with van der Waals surface area (Å²) in [5, 5.41) is 0. The predicted octanol–water partition coefficient (Wildman–Crippen LogP) is 2.53. The van der Waals surface area contributed by atoms with Crippen molar-refractivity contribution in [3.05, 3.63) is 77.4 Å². The lowest BCUT2D eigenvalue weighted by molar-refractivity contribution is -0.136. The first kappa shape index (κ1) is 20.0. The molecule has 0 N–H and O–H groups in total. The van der Waals surface area contributed by atoms with Gasteiger partial charge in [0.05, 0.1) is 11.1 Å². The Morgan fingerprint density at radius 3 is 2.07 bits per heavy atom. The maximum Gasteiger partial charge on any atom is 0.262 e. The summed E-state index contributed by atoms with van der Waals surface area (Å²) in [5.41, 5.74) is 1.91. The van der Waals surface area contributed by atoms with Crippen molar-refractivity contribution in [2.24, 2.45) is 0 Å². The fourth-order valence-electron chi connectivity index (χ4n) is 3.99. The number of amides is 3. The zero-order valence-electron chi connectivity index (χ0n) is 17.0. The van der Waals surface area contributed by atoms with Gasteiger partial charge in [-0.25, -0.2) is 0 Å². The molecule has 2 heterocycles. The number of piperazine rings is 1. The van der Waals surface area contributed by atoms with Gasteiger partial charge in [0.15, 0.2) is 0 Å². The number of hydrogen-bond acceptors (Lipinski definition) is 4. The highest BCUT2D eigenvalue weighted by atomic mass is 16.2. The van der Waals surface area contributed by atoms with Crippen LogP contribution in [0.5, 0.6) is 0 Å². The van der Waals surface area contributed by atoms with Crippen molar-refractivity contribution in [2.75, 3.05) is 32.7 Å². The van der Waals surface area contributed by atoms with Crippen LogP contribution in [0.25, 0.3) is 6.08 Å². The van der Waals surface area contributed by atoms with Crippen molar-refractivity contribution in [2.45, 2.75) is 13.0 Å². The first-order chi connectivity index (χ1) is 14.6. The van der Waals surface area contributed by atoms with Gasteiger partial charge in [0.2, 0.25) is 5.91 Å². The van der Waals surface area contributed by atoms with Crippen LogP contribution in [0.2, 0.25) is 0 Å². The van der Waals surface area contributed by atoms with E-state index in [0.717, 1.165) is 24.5 Å². The van der Waals surface area contributed by atoms with E-state index >= 15 is 0 Å². The van der Waals surface area contributed by atoms with Crippen LogP contribution < -0.4 is 0 Å². The summed E-state index contributed by atoms with van der Waals surface area (Å²) in [4.78, 5) is 43.4. The molecule has 6 nitrogen and oxygen atoms in total. The van der Waals surface area contributed by atoms with Crippen LogP contribution in [-0.2, 0) is 4.79 Å². The minimum atomic E-state index is -0.804. The fraction of sp³-hybridized carbons (Fsp3) is 0.292. The highest BCUT2D eigenvalue weighted by molar-refractivity contribution is 6.22. The smallest absolute Gasteiger partial charge is 0.262 e. The van der Waals surface area contributed by atoms with E-state index in [0.29, 0.717) is 24.2 Å². The Hall–Kier alpha value is -3.25. The van der Waals surface area contributed by atoms with Gasteiger partial charge in [0.25, 0.3) is 11.8 Å². The Bertz CT molecular complexity index is 943. The molecule has 4 rings (SSSR count). The molecule has 0 aromatic heterocycles. The summed E-state index contributed by atoms with van der Waals surface area (Å²) in [6.45, 7) is 5.17. The average Bonchev–Trinajstić information content (AvgIpc) is 3.04. The van der Waals surface area contributed by atoms with E-state index in [1.54, 1.807) is 36.1 Å². The number of hydrogen-bond donors (Lipinski definition) is 0. The van der Waals surface area contributed by atoms with Crippen LogP contribution in [0.3, 0.4) is 0 Å². The Morgan fingerprint density at radius 1 is 0.900 bits per heavy atom. The van der Waals surface area contributed by atoms with Crippen molar-refractivity contribution >= 4 is 23.8 Å². The number of benzene rings is 2. The predicted molar refractivity (Wildman–Crippen MR) is 115 cm³/mol. The lowest BCUT2D eigenvalue weighted by atomic mass is 10.1. The number of imide groups is 1. The molecule has 1 atom stereocenters. The summed E-state index contributed by atoms with van der Waals surface area (Å²) in [7, 11) is 0. The van der Waals surface area contributed by atoms with E-state index in [-0.39, 0.29) is 17.7 Å². The monoisotopic (exact) mass is 403 g/mol. The second-order valence-electron chi connectivity index (χ2n) is 7.64. The van der Waals surface area contributed by atoms with Gasteiger partial charge < -0.3 is 4.90 Å². The van der Waals surface area contributed by atoms with E-state index in [1.165, 1.54) is 5.56 Å². The molecule has 0 saturated carbocycles. The molecular formula is C24H25N3O3. The van der Waals surface area contributed by atoms with E-state index in [4.69, 9.17) is 0 Å². The molecule has 2 aromatic rings. The van der Waals surface area contributed by atoms with Gasteiger partial charge in [-0.1, -0.05) is 54.6 Å². The summed E-state index contributed by atoms with van der Waals surface area (Å²) in [6, 6.07) is 16.1. The van der Waals surface area contributed by atoms with Gasteiger partial charge >= 0.3 is 0 Å². The van der Waals surface area contributed by atoms with Crippen LogP contribution in [0, 0.1) is 0 Å². The average molecular weight is 403 g/mol. The van der Waals surface area contributed by atoms with Crippen LogP contribution in [0.15, 0.2) is 60.7 Å². The zero-order valence-corrected chi connectivity index (χ0v) is 17.0. The van der Waals surface area contributed by atoms with Crippen LogP contribution in [-0.4, -0.2) is 71.2 Å². The summed E-state index contributed by atoms with van der Waals surface area (Å²) in [5.74, 6) is -0.953. The standard InChI is InChI=1S/C24H25N3O3/c1-18(27-23(29)20-11-5-6-12-21(20)24(27)30)22(28)26-16-14-25(15-17-26)13-7-10-19-8-3-2-4-9-19/h2-12,18H,13-17H2,1H3/b10-7+. The van der Waals surface area contributed by atoms with Crippen molar-refractivity contribution in [3.8, 4) is 0 Å². The molecule has 0 bridgehead atoms. The third-order valence-corrected chi connectivity index (χ3v) is 5.73. The maximum atomic E-state index is 13.0. The minimum absolute atomic E-state index is 0.177. The number of nitrogens with zero attached hydrogens (tertiary/aromatic N) is 3. The third-order valence-electron chi connectivity index (χ3n) is 5.73. The molecule has 2 aliphatic rings. The van der Waals surface area contributed by atoms with E-state index in [9.17, 15) is 14.4 Å². The van der Waals surface area contributed by atoms with E-state index in [1.807, 2.05) is 18.2 Å². The molecule has 154 valence electrons. The number of fused-ring (bicyclic) bond motifs is 1. The Kier molecular flexibility index (Phi) is 5.77. The fourth-order valence-corrected chi connectivity index (χ4v) is 3.99. The van der Waals surface area contributed by atoms with Crippen molar-refractivity contribution in [3.63, 3.8) is 0 Å². The SMILES string of the molecule is CC(C(=O)N1CCN(C/C=C/c2ccccc2)CC1)N1C(=O)c2ccccc2C1=O. The summed E-state index contributed by atoms with van der Waals surface area (Å²) >= 11 is 0. The molecule has 2 aromatic carbocycles. The Morgan fingerprint density at radius 2 is 1.47 bits per heavy atom. The lowest BCUT2D eigenvalue weighted by Crippen LogP contribution is -2.55. The normalized spacial score (nSPS) is 18.2. The van der Waals surface area contributed by atoms with Gasteiger partial charge in [0, 0.05) is 32.7 Å². The first-order valence-electron chi connectivity index (χ1n) is 10.3. The van der Waals surface area contributed by atoms with Crippen LogP contribution >= 0.6 is 0 Å². The molecule has 3 amide bonds. The third kappa shape index (κ3) is 3.91. The quantitative estimate of drug-likeness (QED) is 0.720. The molecule has 2 aliphatic heterocycles. The van der Waals surface area contributed by atoms with Gasteiger partial charge in [-0.3, -0.25) is 24.2 Å². The van der Waals surface area contributed by atoms with Crippen molar-refractivity contribution < 1.29 is 14.4 Å². The molecule has 0 spiro atoms. The molecule has 0 aliphatic carbocycles. The lowest BCUT2D eigenvalue weighted by Gasteiger charge is -2.36. The van der Waals surface area contributed by atoms with Gasteiger partial charge in [-0.15, -0.1) is 0 Å². The van der Waals surface area contributed by atoms with Gasteiger partial charge in [-0.2, -0.15) is 0 Å². The Labute approximate surface area is 176 Å². The van der Waals surface area contributed by atoms with Gasteiger partial charge in [-0.05, 0) is 24.6 Å². The van der Waals surface area contributed by atoms with Crippen molar-refractivity contribution in [1.82, 2.24) is 14.7 Å². The minimum Gasteiger partial charge on any atom is -0.338 e. The van der Waals surface area contributed by atoms with Gasteiger partial charge in [0.1, 0.15) is 6.04 Å². The number of carbonyl (C=O) groups is 3. The maximum absolute atomic E-state index is 13.0. The molecule has 1 saturated heterocycles. The number of carbonyl (C=O) groups excluding carboxylic acids is 3. The molecule has 0 radical (unpaired) electrons. The highest BCUT2D eigenvalue weighted by Gasteiger charge is 2.41. The van der Waals surface area contributed by atoms with E-state index < -0.39 is 6.04 Å². The summed E-state index contributed by atoms with van der Waals surface area (Å²) in [6.07, 6.45) is 4.23. The first-order valence-corrected chi connectivity index (χ1v) is 10.3. The molecule has 1 fully saturated rings. The molecule has 1 unspecified atom stereocenters. The summed E-state index contributed by atoms with van der Waals surface area (Å²) < 4.78 is 0. The topological polar surface area (TPSA) is 60.9 Å².